The standard InChI is InChI=1S/C14H23NO/c1-4-14(15-12(3)9-10-16)13-7-5-11(2)6-8-13/h5-8,12,14-16H,4,9-10H2,1-3H3/t12-,14?/m1/s1. The lowest BCUT2D eigenvalue weighted by atomic mass is 10.0. The zero-order valence-electron chi connectivity index (χ0n) is 10.5. The van der Waals surface area contributed by atoms with Crippen molar-refractivity contribution in [2.24, 2.45) is 0 Å². The Bertz CT molecular complexity index is 294. The Kier molecular flexibility index (Phi) is 5.50. The summed E-state index contributed by atoms with van der Waals surface area (Å²) >= 11 is 0. The lowest BCUT2D eigenvalue weighted by molar-refractivity contribution is 0.262. The van der Waals surface area contributed by atoms with Crippen LogP contribution in [-0.4, -0.2) is 17.8 Å². The number of benzene rings is 1. The molecule has 1 rings (SSSR count). The van der Waals surface area contributed by atoms with E-state index < -0.39 is 0 Å². The van der Waals surface area contributed by atoms with Crippen LogP contribution in [0.15, 0.2) is 24.3 Å². The van der Waals surface area contributed by atoms with Gasteiger partial charge in [-0.05, 0) is 32.3 Å². The maximum Gasteiger partial charge on any atom is 0.0445 e. The van der Waals surface area contributed by atoms with Crippen LogP contribution >= 0.6 is 0 Å². The number of aliphatic hydroxyl groups is 1. The van der Waals surface area contributed by atoms with E-state index >= 15 is 0 Å². The molecule has 1 unspecified atom stereocenters. The van der Waals surface area contributed by atoms with Gasteiger partial charge < -0.3 is 10.4 Å². The molecule has 0 saturated carbocycles. The highest BCUT2D eigenvalue weighted by Gasteiger charge is 2.11. The van der Waals surface area contributed by atoms with Crippen molar-refractivity contribution in [1.82, 2.24) is 5.32 Å². The van der Waals surface area contributed by atoms with E-state index in [9.17, 15) is 0 Å². The Morgan fingerprint density at radius 3 is 2.38 bits per heavy atom. The topological polar surface area (TPSA) is 32.3 Å². The predicted octanol–water partition coefficient (Wildman–Crippen LogP) is 2.81. The Hall–Kier alpha value is -0.860. The van der Waals surface area contributed by atoms with Gasteiger partial charge in [0, 0.05) is 18.7 Å². The highest BCUT2D eigenvalue weighted by Crippen LogP contribution is 2.18. The minimum atomic E-state index is 0.249. The Labute approximate surface area is 98.7 Å². The molecule has 0 aliphatic heterocycles. The predicted molar refractivity (Wildman–Crippen MR) is 68.5 cm³/mol. The molecule has 0 fully saturated rings. The molecule has 0 radical (unpaired) electrons. The van der Waals surface area contributed by atoms with Crippen LogP contribution in [0.3, 0.4) is 0 Å². The van der Waals surface area contributed by atoms with Crippen molar-refractivity contribution in [3.63, 3.8) is 0 Å². The molecule has 1 aromatic rings. The van der Waals surface area contributed by atoms with E-state index in [4.69, 9.17) is 5.11 Å². The molecule has 2 heteroatoms. The van der Waals surface area contributed by atoms with Gasteiger partial charge in [-0.3, -0.25) is 0 Å². The van der Waals surface area contributed by atoms with Crippen molar-refractivity contribution in [3.8, 4) is 0 Å². The number of hydrogen-bond acceptors (Lipinski definition) is 2. The van der Waals surface area contributed by atoms with Crippen LogP contribution in [0.1, 0.15) is 43.9 Å². The van der Waals surface area contributed by atoms with Gasteiger partial charge in [0.1, 0.15) is 0 Å². The van der Waals surface area contributed by atoms with Crippen molar-refractivity contribution in [2.45, 2.75) is 45.7 Å². The molecule has 1 aromatic carbocycles. The van der Waals surface area contributed by atoms with E-state index in [1.807, 2.05) is 0 Å². The largest absolute Gasteiger partial charge is 0.396 e. The van der Waals surface area contributed by atoms with Gasteiger partial charge in [0.05, 0.1) is 0 Å². The van der Waals surface area contributed by atoms with Gasteiger partial charge in [0.15, 0.2) is 0 Å². The molecule has 2 nitrogen and oxygen atoms in total. The SMILES string of the molecule is CCC(N[C@H](C)CCO)c1ccc(C)cc1. The Balaban J connectivity index is 2.63. The highest BCUT2D eigenvalue weighted by atomic mass is 16.3. The van der Waals surface area contributed by atoms with E-state index in [-0.39, 0.29) is 6.61 Å². The fourth-order valence-electron chi connectivity index (χ4n) is 1.87. The molecule has 0 spiro atoms. The highest BCUT2D eigenvalue weighted by molar-refractivity contribution is 5.24. The summed E-state index contributed by atoms with van der Waals surface area (Å²) in [6, 6.07) is 9.41. The average molecular weight is 221 g/mol. The second-order valence-corrected chi connectivity index (χ2v) is 4.45. The van der Waals surface area contributed by atoms with Crippen LogP contribution < -0.4 is 5.32 Å². The molecule has 0 saturated heterocycles. The first-order chi connectivity index (χ1) is 7.67. The first-order valence-electron chi connectivity index (χ1n) is 6.10. The molecular formula is C14H23NO. The van der Waals surface area contributed by atoms with Gasteiger partial charge >= 0.3 is 0 Å². The Morgan fingerprint density at radius 2 is 1.88 bits per heavy atom. The number of aryl methyl sites for hydroxylation is 1. The molecule has 16 heavy (non-hydrogen) atoms. The number of aliphatic hydroxyl groups excluding tert-OH is 1. The van der Waals surface area contributed by atoms with Gasteiger partial charge in [0.2, 0.25) is 0 Å². The molecular weight excluding hydrogens is 198 g/mol. The second-order valence-electron chi connectivity index (χ2n) is 4.45. The monoisotopic (exact) mass is 221 g/mol. The third-order valence-electron chi connectivity index (χ3n) is 2.94. The van der Waals surface area contributed by atoms with Gasteiger partial charge in [-0.15, -0.1) is 0 Å². The minimum Gasteiger partial charge on any atom is -0.396 e. The minimum absolute atomic E-state index is 0.249. The van der Waals surface area contributed by atoms with Crippen molar-refractivity contribution >= 4 is 0 Å². The summed E-state index contributed by atoms with van der Waals surface area (Å²) in [5.74, 6) is 0. The fraction of sp³-hybridized carbons (Fsp3) is 0.571. The molecule has 0 bridgehead atoms. The van der Waals surface area contributed by atoms with Crippen LogP contribution in [0, 0.1) is 6.92 Å². The van der Waals surface area contributed by atoms with E-state index in [0.29, 0.717) is 12.1 Å². The normalized spacial score (nSPS) is 14.8. The van der Waals surface area contributed by atoms with Crippen LogP contribution in [0.4, 0.5) is 0 Å². The van der Waals surface area contributed by atoms with Crippen molar-refractivity contribution in [1.29, 1.82) is 0 Å². The number of rotatable bonds is 6. The molecule has 0 aliphatic carbocycles. The summed E-state index contributed by atoms with van der Waals surface area (Å²) in [6.07, 6.45) is 1.88. The van der Waals surface area contributed by atoms with Crippen molar-refractivity contribution in [3.05, 3.63) is 35.4 Å². The first-order valence-corrected chi connectivity index (χ1v) is 6.10. The molecule has 90 valence electrons. The first kappa shape index (κ1) is 13.2. The molecule has 0 heterocycles. The fourth-order valence-corrected chi connectivity index (χ4v) is 1.87. The Morgan fingerprint density at radius 1 is 1.25 bits per heavy atom. The van der Waals surface area contributed by atoms with Crippen molar-refractivity contribution in [2.75, 3.05) is 6.61 Å². The lowest BCUT2D eigenvalue weighted by Gasteiger charge is -2.22. The second kappa shape index (κ2) is 6.66. The maximum absolute atomic E-state index is 8.89. The van der Waals surface area contributed by atoms with E-state index in [1.165, 1.54) is 11.1 Å². The van der Waals surface area contributed by atoms with Crippen LogP contribution in [0.25, 0.3) is 0 Å². The molecule has 0 aliphatic rings. The van der Waals surface area contributed by atoms with Crippen molar-refractivity contribution < 1.29 is 5.11 Å². The summed E-state index contributed by atoms with van der Waals surface area (Å²) in [4.78, 5) is 0. The van der Waals surface area contributed by atoms with E-state index in [2.05, 4.69) is 50.4 Å². The van der Waals surface area contributed by atoms with Crippen LogP contribution in [0.5, 0.6) is 0 Å². The van der Waals surface area contributed by atoms with Crippen LogP contribution in [-0.2, 0) is 0 Å². The zero-order valence-corrected chi connectivity index (χ0v) is 10.5. The smallest absolute Gasteiger partial charge is 0.0445 e. The molecule has 2 N–H and O–H groups in total. The third-order valence-corrected chi connectivity index (χ3v) is 2.94. The number of nitrogens with one attached hydrogen (secondary N) is 1. The lowest BCUT2D eigenvalue weighted by Crippen LogP contribution is -2.30. The quantitative estimate of drug-likeness (QED) is 0.774. The number of hydrogen-bond donors (Lipinski definition) is 2. The summed E-state index contributed by atoms with van der Waals surface area (Å²) in [7, 11) is 0. The summed E-state index contributed by atoms with van der Waals surface area (Å²) < 4.78 is 0. The summed E-state index contributed by atoms with van der Waals surface area (Å²) in [5, 5.41) is 12.4. The maximum atomic E-state index is 8.89. The third kappa shape index (κ3) is 3.95. The van der Waals surface area contributed by atoms with Gasteiger partial charge in [-0.25, -0.2) is 0 Å². The molecule has 2 atom stereocenters. The van der Waals surface area contributed by atoms with Gasteiger partial charge in [-0.1, -0.05) is 36.8 Å². The summed E-state index contributed by atoms with van der Waals surface area (Å²) in [6.45, 7) is 6.65. The summed E-state index contributed by atoms with van der Waals surface area (Å²) in [5.41, 5.74) is 2.62. The molecule has 0 aromatic heterocycles. The molecule has 0 amide bonds. The average Bonchev–Trinajstić information content (AvgIpc) is 2.27. The van der Waals surface area contributed by atoms with Crippen LogP contribution in [0.2, 0.25) is 0 Å². The zero-order chi connectivity index (χ0) is 12.0. The van der Waals surface area contributed by atoms with E-state index in [1.54, 1.807) is 0 Å². The van der Waals surface area contributed by atoms with Gasteiger partial charge in [-0.2, -0.15) is 0 Å². The van der Waals surface area contributed by atoms with Gasteiger partial charge in [0.25, 0.3) is 0 Å². The van der Waals surface area contributed by atoms with E-state index in [0.717, 1.165) is 12.8 Å².